The highest BCUT2D eigenvalue weighted by Crippen LogP contribution is 2.29. The van der Waals surface area contributed by atoms with E-state index in [1.807, 2.05) is 47.9 Å². The van der Waals surface area contributed by atoms with Crippen LogP contribution in [-0.2, 0) is 6.54 Å². The largest absolute Gasteiger partial charge is 0.458 e. The summed E-state index contributed by atoms with van der Waals surface area (Å²) >= 11 is 6.09. The van der Waals surface area contributed by atoms with E-state index in [9.17, 15) is 4.39 Å². The molecule has 0 atom stereocenters. The summed E-state index contributed by atoms with van der Waals surface area (Å²) in [5.74, 6) is 1.93. The highest BCUT2D eigenvalue weighted by atomic mass is 35.5. The van der Waals surface area contributed by atoms with Crippen molar-refractivity contribution in [3.63, 3.8) is 0 Å². The van der Waals surface area contributed by atoms with Gasteiger partial charge in [0.1, 0.15) is 11.6 Å². The Morgan fingerprint density at radius 3 is 2.75 bits per heavy atom. The fourth-order valence-corrected chi connectivity index (χ4v) is 2.99. The molecule has 0 spiro atoms. The van der Waals surface area contributed by atoms with Crippen LogP contribution >= 0.6 is 11.6 Å². The predicted octanol–water partition coefficient (Wildman–Crippen LogP) is 5.45. The third-order valence-corrected chi connectivity index (χ3v) is 4.14. The van der Waals surface area contributed by atoms with Crippen LogP contribution in [0.25, 0.3) is 22.6 Å². The molecule has 2 aromatic carbocycles. The summed E-state index contributed by atoms with van der Waals surface area (Å²) in [6.07, 6.45) is 0. The highest BCUT2D eigenvalue weighted by Gasteiger charge is 2.16. The number of aromatic nitrogens is 2. The van der Waals surface area contributed by atoms with Crippen LogP contribution in [0.15, 0.2) is 59.0 Å². The standard InChI is InChI=1S/C19H14ClFN2O/c1-12-5-8-18(24-12)19-22-16-10-14(20)6-7-17(16)23(19)11-13-3-2-4-15(21)9-13/h2-10H,11H2,1H3. The van der Waals surface area contributed by atoms with Gasteiger partial charge >= 0.3 is 0 Å². The number of benzene rings is 2. The Kier molecular flexibility index (Phi) is 3.62. The van der Waals surface area contributed by atoms with Crippen molar-refractivity contribution in [3.8, 4) is 11.6 Å². The molecule has 0 aliphatic rings. The first-order chi connectivity index (χ1) is 11.6. The maximum Gasteiger partial charge on any atom is 0.177 e. The first-order valence-corrected chi connectivity index (χ1v) is 7.95. The maximum atomic E-state index is 13.5. The summed E-state index contributed by atoms with van der Waals surface area (Å²) < 4.78 is 21.3. The molecule has 0 aliphatic carbocycles. The van der Waals surface area contributed by atoms with E-state index in [1.54, 1.807) is 6.07 Å². The SMILES string of the molecule is Cc1ccc(-c2nc3cc(Cl)ccc3n2Cc2cccc(F)c2)o1. The summed E-state index contributed by atoms with van der Waals surface area (Å²) in [6, 6.07) is 15.9. The zero-order valence-electron chi connectivity index (χ0n) is 13.0. The number of furan rings is 1. The lowest BCUT2D eigenvalue weighted by molar-refractivity contribution is 0.540. The number of rotatable bonds is 3. The molecule has 24 heavy (non-hydrogen) atoms. The van der Waals surface area contributed by atoms with Crippen LogP contribution in [0.1, 0.15) is 11.3 Å². The first kappa shape index (κ1) is 15.0. The number of aryl methyl sites for hydroxylation is 1. The van der Waals surface area contributed by atoms with Gasteiger partial charge in [0.15, 0.2) is 11.6 Å². The molecular weight excluding hydrogens is 327 g/mol. The van der Waals surface area contributed by atoms with Gasteiger partial charge in [-0.15, -0.1) is 0 Å². The third-order valence-electron chi connectivity index (χ3n) is 3.90. The van der Waals surface area contributed by atoms with Crippen molar-refractivity contribution in [3.05, 3.63) is 76.8 Å². The number of halogens is 2. The minimum absolute atomic E-state index is 0.254. The topological polar surface area (TPSA) is 31.0 Å². The lowest BCUT2D eigenvalue weighted by Crippen LogP contribution is -2.02. The molecule has 4 aromatic rings. The van der Waals surface area contributed by atoms with Gasteiger partial charge in [-0.05, 0) is 55.0 Å². The molecule has 120 valence electrons. The average Bonchev–Trinajstić information content (AvgIpc) is 3.11. The monoisotopic (exact) mass is 340 g/mol. The molecule has 0 saturated carbocycles. The molecule has 0 fully saturated rings. The third kappa shape index (κ3) is 2.69. The quantitative estimate of drug-likeness (QED) is 0.497. The number of fused-ring (bicyclic) bond motifs is 1. The lowest BCUT2D eigenvalue weighted by atomic mass is 10.2. The Labute approximate surface area is 143 Å². The number of imidazole rings is 1. The van der Waals surface area contributed by atoms with Crippen LogP contribution in [0.5, 0.6) is 0 Å². The Morgan fingerprint density at radius 1 is 1.12 bits per heavy atom. The van der Waals surface area contributed by atoms with Crippen LogP contribution in [0.4, 0.5) is 4.39 Å². The van der Waals surface area contributed by atoms with E-state index in [1.165, 1.54) is 12.1 Å². The van der Waals surface area contributed by atoms with Crippen molar-refractivity contribution < 1.29 is 8.81 Å². The van der Waals surface area contributed by atoms with Crippen LogP contribution < -0.4 is 0 Å². The van der Waals surface area contributed by atoms with E-state index in [4.69, 9.17) is 16.0 Å². The molecule has 5 heteroatoms. The fraction of sp³-hybridized carbons (Fsp3) is 0.105. The predicted molar refractivity (Wildman–Crippen MR) is 92.7 cm³/mol. The zero-order valence-corrected chi connectivity index (χ0v) is 13.7. The van der Waals surface area contributed by atoms with Gasteiger partial charge in [-0.3, -0.25) is 0 Å². The Morgan fingerprint density at radius 2 is 2.00 bits per heavy atom. The lowest BCUT2D eigenvalue weighted by Gasteiger charge is -2.08. The molecule has 0 N–H and O–H groups in total. The minimum Gasteiger partial charge on any atom is -0.458 e. The van der Waals surface area contributed by atoms with Gasteiger partial charge in [0, 0.05) is 11.6 Å². The van der Waals surface area contributed by atoms with Gasteiger partial charge in [-0.1, -0.05) is 23.7 Å². The molecule has 2 aromatic heterocycles. The van der Waals surface area contributed by atoms with Crippen LogP contribution in [-0.4, -0.2) is 9.55 Å². The summed E-state index contributed by atoms with van der Waals surface area (Å²) in [5, 5.41) is 0.625. The summed E-state index contributed by atoms with van der Waals surface area (Å²) in [6.45, 7) is 2.38. The van der Waals surface area contributed by atoms with Crippen LogP contribution in [0, 0.1) is 12.7 Å². The molecular formula is C19H14ClFN2O. The molecule has 0 amide bonds. The summed E-state index contributed by atoms with van der Waals surface area (Å²) in [7, 11) is 0. The van der Waals surface area contributed by atoms with Crippen molar-refractivity contribution >= 4 is 22.6 Å². The van der Waals surface area contributed by atoms with Crippen LogP contribution in [0.2, 0.25) is 5.02 Å². The molecule has 4 rings (SSSR count). The van der Waals surface area contributed by atoms with Gasteiger partial charge < -0.3 is 8.98 Å². The second kappa shape index (κ2) is 5.80. The fourth-order valence-electron chi connectivity index (χ4n) is 2.82. The summed E-state index contributed by atoms with van der Waals surface area (Å²) in [4.78, 5) is 4.67. The Bertz CT molecular complexity index is 1030. The molecule has 0 bridgehead atoms. The minimum atomic E-state index is -0.254. The Balaban J connectivity index is 1.90. The van der Waals surface area contributed by atoms with Crippen molar-refractivity contribution in [2.45, 2.75) is 13.5 Å². The molecule has 0 unspecified atom stereocenters. The van der Waals surface area contributed by atoms with E-state index in [0.29, 0.717) is 23.2 Å². The van der Waals surface area contributed by atoms with Gasteiger partial charge in [0.2, 0.25) is 0 Å². The van der Waals surface area contributed by atoms with E-state index in [-0.39, 0.29) is 5.82 Å². The number of hydrogen-bond donors (Lipinski definition) is 0. The van der Waals surface area contributed by atoms with E-state index in [2.05, 4.69) is 4.98 Å². The van der Waals surface area contributed by atoms with E-state index >= 15 is 0 Å². The molecule has 0 radical (unpaired) electrons. The van der Waals surface area contributed by atoms with Gasteiger partial charge in [-0.25, -0.2) is 9.37 Å². The number of nitrogens with zero attached hydrogens (tertiary/aromatic N) is 2. The second-order valence-corrected chi connectivity index (χ2v) is 6.13. The first-order valence-electron chi connectivity index (χ1n) is 7.57. The van der Waals surface area contributed by atoms with Crippen molar-refractivity contribution in [1.82, 2.24) is 9.55 Å². The summed E-state index contributed by atoms with van der Waals surface area (Å²) in [5.41, 5.74) is 2.56. The average molecular weight is 341 g/mol. The van der Waals surface area contributed by atoms with Gasteiger partial charge in [-0.2, -0.15) is 0 Å². The van der Waals surface area contributed by atoms with Crippen molar-refractivity contribution in [2.75, 3.05) is 0 Å². The molecule has 3 nitrogen and oxygen atoms in total. The van der Waals surface area contributed by atoms with E-state index in [0.717, 1.165) is 22.4 Å². The maximum absolute atomic E-state index is 13.5. The number of hydrogen-bond acceptors (Lipinski definition) is 2. The molecule has 0 aliphatic heterocycles. The highest BCUT2D eigenvalue weighted by molar-refractivity contribution is 6.31. The van der Waals surface area contributed by atoms with Crippen LogP contribution in [0.3, 0.4) is 0 Å². The second-order valence-electron chi connectivity index (χ2n) is 5.69. The smallest absolute Gasteiger partial charge is 0.177 e. The van der Waals surface area contributed by atoms with Crippen molar-refractivity contribution in [1.29, 1.82) is 0 Å². The zero-order chi connectivity index (χ0) is 16.7. The van der Waals surface area contributed by atoms with Gasteiger partial charge in [0.25, 0.3) is 0 Å². The molecule has 0 saturated heterocycles. The molecule has 2 heterocycles. The van der Waals surface area contributed by atoms with Crippen molar-refractivity contribution in [2.24, 2.45) is 0 Å². The normalized spacial score (nSPS) is 11.3. The van der Waals surface area contributed by atoms with E-state index < -0.39 is 0 Å². The van der Waals surface area contributed by atoms with Gasteiger partial charge in [0.05, 0.1) is 11.0 Å². The Hall–Kier alpha value is -2.59.